The maximum absolute atomic E-state index is 12.6. The van der Waals surface area contributed by atoms with Crippen LogP contribution in [0.1, 0.15) is 35.5 Å². The third-order valence-corrected chi connectivity index (χ3v) is 3.87. The molecule has 0 aliphatic heterocycles. The van der Waals surface area contributed by atoms with Gasteiger partial charge in [0.05, 0.1) is 0 Å². The van der Waals surface area contributed by atoms with Crippen molar-refractivity contribution in [1.29, 1.82) is 0 Å². The topological polar surface area (TPSA) is 42.9 Å². The zero-order valence-corrected chi connectivity index (χ0v) is 13.2. The van der Waals surface area contributed by atoms with E-state index in [-0.39, 0.29) is 5.78 Å². The van der Waals surface area contributed by atoms with Crippen molar-refractivity contribution in [3.8, 4) is 0 Å². The molecule has 0 saturated heterocycles. The number of pyridine rings is 2. The number of aromatic nitrogens is 2. The van der Waals surface area contributed by atoms with Crippen molar-refractivity contribution in [2.75, 3.05) is 0 Å². The lowest BCUT2D eigenvalue weighted by Crippen LogP contribution is -2.27. The van der Waals surface area contributed by atoms with Crippen LogP contribution < -0.4 is 0 Å². The fraction of sp³-hybridized carbons (Fsp3) is 0.312. The second-order valence-corrected chi connectivity index (χ2v) is 5.99. The van der Waals surface area contributed by atoms with E-state index in [1.54, 1.807) is 18.6 Å². The molecule has 0 aromatic carbocycles. The van der Waals surface area contributed by atoms with Gasteiger partial charge < -0.3 is 0 Å². The van der Waals surface area contributed by atoms with Gasteiger partial charge in [-0.25, -0.2) is 0 Å². The maximum atomic E-state index is 12.6. The Morgan fingerprint density at radius 1 is 1.15 bits per heavy atom. The van der Waals surface area contributed by atoms with Crippen LogP contribution in [0.5, 0.6) is 0 Å². The fourth-order valence-corrected chi connectivity index (χ4v) is 2.47. The predicted octanol–water partition coefficient (Wildman–Crippen LogP) is 3.82. The van der Waals surface area contributed by atoms with Gasteiger partial charge in [0, 0.05) is 29.3 Å². The van der Waals surface area contributed by atoms with Gasteiger partial charge in [0.1, 0.15) is 5.69 Å². The molecule has 0 amide bonds. The van der Waals surface area contributed by atoms with Crippen molar-refractivity contribution in [1.82, 2.24) is 9.97 Å². The molecule has 0 aliphatic carbocycles. The zero-order chi connectivity index (χ0) is 14.6. The normalized spacial score (nSPS) is 11.3. The minimum Gasteiger partial charge on any atom is -0.292 e. The molecule has 0 aliphatic rings. The number of carbonyl (C=O) groups is 1. The first-order chi connectivity index (χ1) is 9.53. The van der Waals surface area contributed by atoms with Crippen molar-refractivity contribution >= 4 is 21.7 Å². The quantitative estimate of drug-likeness (QED) is 0.617. The van der Waals surface area contributed by atoms with Crippen LogP contribution in [-0.2, 0) is 11.8 Å². The molecule has 0 unspecified atom stereocenters. The Morgan fingerprint density at radius 3 is 2.45 bits per heavy atom. The lowest BCUT2D eigenvalue weighted by molar-refractivity contribution is 0.0832. The first kappa shape index (κ1) is 14.9. The summed E-state index contributed by atoms with van der Waals surface area (Å²) < 4.78 is 0. The van der Waals surface area contributed by atoms with E-state index in [0.717, 1.165) is 16.5 Å². The lowest BCUT2D eigenvalue weighted by Gasteiger charge is -2.22. The number of nitrogens with zero attached hydrogens (tertiary/aromatic N) is 2. The van der Waals surface area contributed by atoms with Crippen molar-refractivity contribution in [2.45, 2.75) is 25.6 Å². The molecule has 3 nitrogen and oxygen atoms in total. The first-order valence-corrected chi connectivity index (χ1v) is 7.60. The van der Waals surface area contributed by atoms with E-state index in [1.807, 2.05) is 38.1 Å². The highest BCUT2D eigenvalue weighted by Gasteiger charge is 2.29. The van der Waals surface area contributed by atoms with Crippen LogP contribution in [0.4, 0.5) is 0 Å². The largest absolute Gasteiger partial charge is 0.292 e. The van der Waals surface area contributed by atoms with Crippen LogP contribution in [-0.4, -0.2) is 15.8 Å². The molecule has 0 atom stereocenters. The molecule has 0 N–H and O–H groups in total. The summed E-state index contributed by atoms with van der Waals surface area (Å²) in [5.41, 5.74) is 2.21. The Kier molecular flexibility index (Phi) is 4.65. The standard InChI is InChI=1S/C16H17BrN2O/c1-16(2,10-12-3-6-18-7-4-12)15(20)14-9-13(11-17)5-8-19-14/h3-9H,10-11H2,1-2H3. The second-order valence-electron chi connectivity index (χ2n) is 5.43. The summed E-state index contributed by atoms with van der Waals surface area (Å²) in [6.45, 7) is 3.91. The number of alkyl halides is 1. The van der Waals surface area contributed by atoms with Gasteiger partial charge in [-0.15, -0.1) is 0 Å². The van der Waals surface area contributed by atoms with Gasteiger partial charge in [0.15, 0.2) is 5.78 Å². The molecule has 20 heavy (non-hydrogen) atoms. The van der Waals surface area contributed by atoms with E-state index >= 15 is 0 Å². The third-order valence-electron chi connectivity index (χ3n) is 3.22. The van der Waals surface area contributed by atoms with Crippen LogP contribution >= 0.6 is 15.9 Å². The van der Waals surface area contributed by atoms with Crippen LogP contribution in [0.25, 0.3) is 0 Å². The van der Waals surface area contributed by atoms with E-state index in [9.17, 15) is 4.79 Å². The summed E-state index contributed by atoms with van der Waals surface area (Å²) >= 11 is 3.40. The molecule has 0 saturated carbocycles. The third kappa shape index (κ3) is 3.51. The van der Waals surface area contributed by atoms with Gasteiger partial charge in [0.25, 0.3) is 0 Å². The summed E-state index contributed by atoms with van der Waals surface area (Å²) in [6, 6.07) is 7.64. The molecule has 0 bridgehead atoms. The number of carbonyl (C=O) groups excluding carboxylic acids is 1. The van der Waals surface area contributed by atoms with Crippen molar-refractivity contribution in [3.63, 3.8) is 0 Å². The molecule has 4 heteroatoms. The van der Waals surface area contributed by atoms with Crippen LogP contribution in [0.15, 0.2) is 42.9 Å². The highest BCUT2D eigenvalue weighted by atomic mass is 79.9. The molecule has 2 aromatic heterocycles. The Balaban J connectivity index is 2.22. The smallest absolute Gasteiger partial charge is 0.187 e. The Hall–Kier alpha value is -1.55. The minimum absolute atomic E-state index is 0.0668. The molecule has 104 valence electrons. The number of rotatable bonds is 5. The highest BCUT2D eigenvalue weighted by Crippen LogP contribution is 2.26. The van der Waals surface area contributed by atoms with Crippen molar-refractivity contribution in [3.05, 3.63) is 59.7 Å². The summed E-state index contributed by atoms with van der Waals surface area (Å²) in [5, 5.41) is 0.723. The van der Waals surface area contributed by atoms with E-state index in [2.05, 4.69) is 25.9 Å². The Bertz CT molecular complexity index is 596. The summed E-state index contributed by atoms with van der Waals surface area (Å²) in [6.07, 6.45) is 5.86. The summed E-state index contributed by atoms with van der Waals surface area (Å²) in [4.78, 5) is 20.9. The van der Waals surface area contributed by atoms with Gasteiger partial charge >= 0.3 is 0 Å². The van der Waals surface area contributed by atoms with Gasteiger partial charge in [-0.05, 0) is 41.8 Å². The van der Waals surface area contributed by atoms with Gasteiger partial charge in [-0.3, -0.25) is 14.8 Å². The van der Waals surface area contributed by atoms with Gasteiger partial charge in [0.2, 0.25) is 0 Å². The van der Waals surface area contributed by atoms with Gasteiger partial charge in [-0.2, -0.15) is 0 Å². The molecule has 2 heterocycles. The summed E-state index contributed by atoms with van der Waals surface area (Å²) in [7, 11) is 0. The fourth-order valence-electron chi connectivity index (χ4n) is 2.12. The molecule has 2 rings (SSSR count). The molecule has 0 spiro atoms. The monoisotopic (exact) mass is 332 g/mol. The number of hydrogen-bond acceptors (Lipinski definition) is 3. The molecule has 2 aromatic rings. The SMILES string of the molecule is CC(C)(Cc1ccncc1)C(=O)c1cc(CBr)ccn1. The number of hydrogen-bond donors (Lipinski definition) is 0. The molecule has 0 radical (unpaired) electrons. The molecular weight excluding hydrogens is 316 g/mol. The van der Waals surface area contributed by atoms with Crippen LogP contribution in [0, 0.1) is 5.41 Å². The second kappa shape index (κ2) is 6.27. The first-order valence-electron chi connectivity index (χ1n) is 6.47. The molecular formula is C16H17BrN2O. The van der Waals surface area contributed by atoms with E-state index in [4.69, 9.17) is 0 Å². The van der Waals surface area contributed by atoms with E-state index < -0.39 is 5.41 Å². The average molecular weight is 333 g/mol. The number of Topliss-reactive ketones (excluding diaryl/α,β-unsaturated/α-hetero) is 1. The van der Waals surface area contributed by atoms with Crippen molar-refractivity contribution < 1.29 is 4.79 Å². The number of halogens is 1. The summed E-state index contributed by atoms with van der Waals surface area (Å²) in [5.74, 6) is 0.0668. The molecule has 0 fully saturated rings. The van der Waals surface area contributed by atoms with E-state index in [1.165, 1.54) is 0 Å². The lowest BCUT2D eigenvalue weighted by atomic mass is 9.80. The zero-order valence-electron chi connectivity index (χ0n) is 11.6. The number of ketones is 1. The highest BCUT2D eigenvalue weighted by molar-refractivity contribution is 9.08. The average Bonchev–Trinajstić information content (AvgIpc) is 2.47. The minimum atomic E-state index is -0.487. The van der Waals surface area contributed by atoms with Gasteiger partial charge in [-0.1, -0.05) is 29.8 Å². The predicted molar refractivity (Wildman–Crippen MR) is 82.9 cm³/mol. The van der Waals surface area contributed by atoms with Crippen molar-refractivity contribution in [2.24, 2.45) is 5.41 Å². The van der Waals surface area contributed by atoms with E-state index in [0.29, 0.717) is 12.1 Å². The Morgan fingerprint density at radius 2 is 1.80 bits per heavy atom. The Labute approximate surface area is 127 Å². The van der Waals surface area contributed by atoms with Crippen LogP contribution in [0.3, 0.4) is 0 Å². The maximum Gasteiger partial charge on any atom is 0.187 e. The van der Waals surface area contributed by atoms with Crippen LogP contribution in [0.2, 0.25) is 0 Å².